The Morgan fingerprint density at radius 3 is 2.57 bits per heavy atom. The molecule has 2 heterocycles. The van der Waals surface area contributed by atoms with Gasteiger partial charge < -0.3 is 5.32 Å². The van der Waals surface area contributed by atoms with Crippen LogP contribution in [0.25, 0.3) is 0 Å². The van der Waals surface area contributed by atoms with Crippen molar-refractivity contribution in [3.63, 3.8) is 0 Å². The van der Waals surface area contributed by atoms with Crippen molar-refractivity contribution in [2.75, 3.05) is 13.1 Å². The van der Waals surface area contributed by atoms with Gasteiger partial charge in [0.25, 0.3) is 0 Å². The number of piperidine rings is 1. The van der Waals surface area contributed by atoms with Crippen LogP contribution in [0.2, 0.25) is 0 Å². The Bertz CT molecular complexity index is 635. The molecule has 1 amide bonds. The zero-order chi connectivity index (χ0) is 16.1. The van der Waals surface area contributed by atoms with Gasteiger partial charge in [-0.1, -0.05) is 30.3 Å². The molecule has 2 aromatic rings. The number of carbonyl (C=O) groups is 1. The summed E-state index contributed by atoms with van der Waals surface area (Å²) >= 11 is 5.06. The number of likely N-dealkylation sites (tertiary alicyclic amines) is 1. The smallest absolute Gasteiger partial charge is 0.225 e. The first-order chi connectivity index (χ1) is 11.2. The van der Waals surface area contributed by atoms with Crippen molar-refractivity contribution in [3.05, 3.63) is 56.7 Å². The fraction of sp³-hybridized carbons (Fsp3) is 0.389. The van der Waals surface area contributed by atoms with E-state index in [0.29, 0.717) is 12.5 Å². The van der Waals surface area contributed by atoms with Crippen LogP contribution < -0.4 is 5.32 Å². The molecule has 0 saturated carbocycles. The second kappa shape index (κ2) is 8.08. The van der Waals surface area contributed by atoms with Crippen LogP contribution in [0.5, 0.6) is 0 Å². The quantitative estimate of drug-likeness (QED) is 0.838. The molecule has 0 spiro atoms. The van der Waals surface area contributed by atoms with E-state index in [1.807, 2.05) is 12.1 Å². The van der Waals surface area contributed by atoms with Crippen molar-refractivity contribution in [1.29, 1.82) is 0 Å². The maximum absolute atomic E-state index is 12.1. The van der Waals surface area contributed by atoms with Gasteiger partial charge in [0.05, 0.1) is 10.2 Å². The maximum Gasteiger partial charge on any atom is 0.225 e. The van der Waals surface area contributed by atoms with Crippen LogP contribution in [0.4, 0.5) is 0 Å². The number of hydrogen-bond donors (Lipinski definition) is 1. The van der Waals surface area contributed by atoms with E-state index in [1.54, 1.807) is 11.3 Å². The summed E-state index contributed by atoms with van der Waals surface area (Å²) in [6, 6.07) is 14.9. The van der Waals surface area contributed by atoms with E-state index in [1.165, 1.54) is 5.56 Å². The van der Waals surface area contributed by atoms with Crippen molar-refractivity contribution in [2.45, 2.75) is 31.8 Å². The lowest BCUT2D eigenvalue weighted by Gasteiger charge is -2.32. The molecule has 0 aliphatic carbocycles. The lowest BCUT2D eigenvalue weighted by Crippen LogP contribution is -2.44. The maximum atomic E-state index is 12.1. The number of hydrogen-bond acceptors (Lipinski definition) is 3. The van der Waals surface area contributed by atoms with Crippen LogP contribution in [0.3, 0.4) is 0 Å². The molecule has 0 radical (unpaired) electrons. The summed E-state index contributed by atoms with van der Waals surface area (Å²) in [7, 11) is 0. The highest BCUT2D eigenvalue weighted by Crippen LogP contribution is 2.22. The Labute approximate surface area is 149 Å². The van der Waals surface area contributed by atoms with E-state index in [-0.39, 0.29) is 5.91 Å². The highest BCUT2D eigenvalue weighted by atomic mass is 79.9. The summed E-state index contributed by atoms with van der Waals surface area (Å²) < 4.78 is 1.08. The third kappa shape index (κ3) is 5.16. The summed E-state index contributed by atoms with van der Waals surface area (Å²) in [6.07, 6.45) is 2.56. The van der Waals surface area contributed by atoms with Crippen LogP contribution >= 0.6 is 27.3 Å². The molecule has 1 fully saturated rings. The predicted molar refractivity (Wildman–Crippen MR) is 98.6 cm³/mol. The van der Waals surface area contributed by atoms with Gasteiger partial charge in [0.2, 0.25) is 5.91 Å². The molecule has 1 aromatic carbocycles. The van der Waals surface area contributed by atoms with E-state index in [2.05, 4.69) is 56.5 Å². The minimum atomic E-state index is 0.140. The molecule has 3 nitrogen and oxygen atoms in total. The zero-order valence-electron chi connectivity index (χ0n) is 13.0. The van der Waals surface area contributed by atoms with Gasteiger partial charge in [-0.15, -0.1) is 11.3 Å². The molecule has 1 N–H and O–H groups in total. The molecule has 3 rings (SSSR count). The van der Waals surface area contributed by atoms with Crippen molar-refractivity contribution < 1.29 is 4.79 Å². The first kappa shape index (κ1) is 16.7. The minimum absolute atomic E-state index is 0.140. The largest absolute Gasteiger partial charge is 0.353 e. The molecule has 1 aliphatic heterocycles. The topological polar surface area (TPSA) is 32.3 Å². The van der Waals surface area contributed by atoms with E-state index in [9.17, 15) is 4.79 Å². The SMILES string of the molecule is O=C(Cc1ccc(Br)s1)NC1CCN(Cc2ccccc2)CC1. The molecule has 1 aromatic heterocycles. The Hall–Kier alpha value is -1.17. The molecule has 1 saturated heterocycles. The second-order valence-corrected chi connectivity index (χ2v) is 8.53. The third-order valence-electron chi connectivity index (χ3n) is 4.17. The summed E-state index contributed by atoms with van der Waals surface area (Å²) in [4.78, 5) is 15.7. The molecular formula is C18H21BrN2OS. The minimum Gasteiger partial charge on any atom is -0.353 e. The monoisotopic (exact) mass is 392 g/mol. The number of amides is 1. The average Bonchev–Trinajstić information content (AvgIpc) is 2.95. The van der Waals surface area contributed by atoms with Crippen LogP contribution in [0.1, 0.15) is 23.3 Å². The van der Waals surface area contributed by atoms with Gasteiger partial charge >= 0.3 is 0 Å². The van der Waals surface area contributed by atoms with Gasteiger partial charge in [-0.25, -0.2) is 0 Å². The Balaban J connectivity index is 1.41. The van der Waals surface area contributed by atoms with Crippen LogP contribution in [0.15, 0.2) is 46.3 Å². The predicted octanol–water partition coefficient (Wildman–Crippen LogP) is 3.83. The molecular weight excluding hydrogens is 372 g/mol. The Morgan fingerprint density at radius 1 is 1.17 bits per heavy atom. The number of thiophene rings is 1. The summed E-state index contributed by atoms with van der Waals surface area (Å²) in [6.45, 7) is 3.10. The average molecular weight is 393 g/mol. The summed E-state index contributed by atoms with van der Waals surface area (Å²) in [5.74, 6) is 0.140. The molecule has 0 bridgehead atoms. The third-order valence-corrected chi connectivity index (χ3v) is 5.79. The van der Waals surface area contributed by atoms with Crippen LogP contribution in [-0.4, -0.2) is 29.9 Å². The highest BCUT2D eigenvalue weighted by Gasteiger charge is 2.20. The molecule has 0 unspecified atom stereocenters. The Morgan fingerprint density at radius 2 is 1.91 bits per heavy atom. The molecule has 122 valence electrons. The summed E-state index contributed by atoms with van der Waals surface area (Å²) in [5.41, 5.74) is 1.36. The number of carbonyl (C=O) groups excluding carboxylic acids is 1. The van der Waals surface area contributed by atoms with Crippen molar-refractivity contribution in [1.82, 2.24) is 10.2 Å². The molecule has 5 heteroatoms. The number of halogens is 1. The van der Waals surface area contributed by atoms with Gasteiger partial charge in [0.15, 0.2) is 0 Å². The zero-order valence-corrected chi connectivity index (χ0v) is 15.4. The van der Waals surface area contributed by atoms with E-state index >= 15 is 0 Å². The van der Waals surface area contributed by atoms with Gasteiger partial charge in [0, 0.05) is 30.6 Å². The first-order valence-electron chi connectivity index (χ1n) is 7.99. The first-order valence-corrected chi connectivity index (χ1v) is 9.60. The van der Waals surface area contributed by atoms with Gasteiger partial charge in [-0.05, 0) is 46.5 Å². The van der Waals surface area contributed by atoms with E-state index < -0.39 is 0 Å². The normalized spacial score (nSPS) is 16.4. The number of benzene rings is 1. The van der Waals surface area contributed by atoms with Gasteiger partial charge in [-0.2, -0.15) is 0 Å². The number of rotatable bonds is 5. The standard InChI is InChI=1S/C18H21BrN2OS/c19-17-7-6-16(23-17)12-18(22)20-15-8-10-21(11-9-15)13-14-4-2-1-3-5-14/h1-7,15H,8-13H2,(H,20,22). The fourth-order valence-corrected chi connectivity index (χ4v) is 4.44. The van der Waals surface area contributed by atoms with Crippen molar-refractivity contribution in [2.24, 2.45) is 0 Å². The van der Waals surface area contributed by atoms with Crippen molar-refractivity contribution >= 4 is 33.2 Å². The fourth-order valence-electron chi connectivity index (χ4n) is 2.96. The lowest BCUT2D eigenvalue weighted by molar-refractivity contribution is -0.121. The Kier molecular flexibility index (Phi) is 5.86. The van der Waals surface area contributed by atoms with Crippen molar-refractivity contribution in [3.8, 4) is 0 Å². The summed E-state index contributed by atoms with van der Waals surface area (Å²) in [5, 5.41) is 3.19. The van der Waals surface area contributed by atoms with E-state index in [4.69, 9.17) is 0 Å². The molecule has 23 heavy (non-hydrogen) atoms. The molecule has 1 aliphatic rings. The lowest BCUT2D eigenvalue weighted by atomic mass is 10.0. The number of nitrogens with zero attached hydrogens (tertiary/aromatic N) is 1. The number of nitrogens with one attached hydrogen (secondary N) is 1. The van der Waals surface area contributed by atoms with E-state index in [0.717, 1.165) is 41.1 Å². The van der Waals surface area contributed by atoms with Crippen LogP contribution in [0, 0.1) is 0 Å². The van der Waals surface area contributed by atoms with Crippen LogP contribution in [-0.2, 0) is 17.8 Å². The highest BCUT2D eigenvalue weighted by molar-refractivity contribution is 9.11. The second-order valence-electron chi connectivity index (χ2n) is 5.99. The van der Waals surface area contributed by atoms with Gasteiger partial charge in [-0.3, -0.25) is 9.69 Å². The molecule has 0 atom stereocenters. The van der Waals surface area contributed by atoms with Gasteiger partial charge in [0.1, 0.15) is 0 Å².